The number of nitrogens with zero attached hydrogens (tertiary/aromatic N) is 2. The van der Waals surface area contributed by atoms with E-state index in [1.165, 1.54) is 17.7 Å². The van der Waals surface area contributed by atoms with E-state index in [0.29, 0.717) is 6.04 Å². The fraction of sp³-hybridized carbons (Fsp3) is 0.583. The summed E-state index contributed by atoms with van der Waals surface area (Å²) in [4.78, 5) is 6.66. The molecule has 0 amide bonds. The van der Waals surface area contributed by atoms with Gasteiger partial charge in [-0.25, -0.2) is 0 Å². The second-order valence-electron chi connectivity index (χ2n) is 4.35. The van der Waals surface area contributed by atoms with Crippen molar-refractivity contribution in [3.8, 4) is 0 Å². The molecule has 15 heavy (non-hydrogen) atoms. The van der Waals surface area contributed by atoms with Crippen LogP contribution >= 0.6 is 0 Å². The van der Waals surface area contributed by atoms with E-state index in [1.54, 1.807) is 0 Å². The summed E-state index contributed by atoms with van der Waals surface area (Å²) in [5.74, 6) is 0. The van der Waals surface area contributed by atoms with Gasteiger partial charge in [0.2, 0.25) is 0 Å². The summed E-state index contributed by atoms with van der Waals surface area (Å²) in [6.07, 6.45) is 5.07. The topological polar surface area (TPSA) is 28.2 Å². The molecule has 1 atom stereocenters. The minimum atomic E-state index is 0.632. The molecule has 0 aromatic carbocycles. The number of pyridine rings is 1. The van der Waals surface area contributed by atoms with Crippen LogP contribution in [0.15, 0.2) is 18.5 Å². The molecule has 1 aliphatic rings. The molecule has 3 nitrogen and oxygen atoms in total. The standard InChI is InChI=1S/C12H19N3/c1-10-7-12(9-13-8-10)15-5-3-11(2)14-4-6-15/h7-9,11,14H,3-6H2,1-2H3. The predicted molar refractivity (Wildman–Crippen MR) is 63.3 cm³/mol. The molecule has 0 saturated carbocycles. The fourth-order valence-electron chi connectivity index (χ4n) is 1.98. The van der Waals surface area contributed by atoms with Gasteiger partial charge >= 0.3 is 0 Å². The van der Waals surface area contributed by atoms with E-state index in [4.69, 9.17) is 0 Å². The maximum Gasteiger partial charge on any atom is 0.0555 e. The van der Waals surface area contributed by atoms with Gasteiger partial charge < -0.3 is 10.2 Å². The third-order valence-electron chi connectivity index (χ3n) is 2.93. The lowest BCUT2D eigenvalue weighted by molar-refractivity contribution is 0.566. The van der Waals surface area contributed by atoms with Gasteiger partial charge in [0.15, 0.2) is 0 Å². The molecule has 1 aromatic rings. The zero-order chi connectivity index (χ0) is 10.7. The highest BCUT2D eigenvalue weighted by Gasteiger charge is 2.13. The van der Waals surface area contributed by atoms with Crippen LogP contribution in [0, 0.1) is 6.92 Å². The number of anilines is 1. The third kappa shape index (κ3) is 2.69. The van der Waals surface area contributed by atoms with Crippen LogP contribution in [-0.4, -0.2) is 30.7 Å². The Balaban J connectivity index is 2.09. The van der Waals surface area contributed by atoms with Crippen LogP contribution in [0.4, 0.5) is 5.69 Å². The van der Waals surface area contributed by atoms with E-state index in [0.717, 1.165) is 19.6 Å². The van der Waals surface area contributed by atoms with E-state index in [1.807, 2.05) is 12.4 Å². The number of rotatable bonds is 1. The Morgan fingerprint density at radius 1 is 1.40 bits per heavy atom. The second kappa shape index (κ2) is 4.62. The van der Waals surface area contributed by atoms with Gasteiger partial charge in [-0.05, 0) is 31.9 Å². The summed E-state index contributed by atoms with van der Waals surface area (Å²) in [5.41, 5.74) is 2.49. The highest BCUT2D eigenvalue weighted by molar-refractivity contribution is 5.46. The first kappa shape index (κ1) is 10.4. The Morgan fingerprint density at radius 2 is 2.27 bits per heavy atom. The first-order valence-corrected chi connectivity index (χ1v) is 5.65. The molecule has 1 fully saturated rings. The van der Waals surface area contributed by atoms with Crippen molar-refractivity contribution >= 4 is 5.69 Å². The van der Waals surface area contributed by atoms with Crippen LogP contribution in [0.25, 0.3) is 0 Å². The molecule has 82 valence electrons. The maximum atomic E-state index is 4.25. The number of nitrogens with one attached hydrogen (secondary N) is 1. The van der Waals surface area contributed by atoms with Crippen molar-refractivity contribution in [3.05, 3.63) is 24.0 Å². The van der Waals surface area contributed by atoms with Gasteiger partial charge in [0.1, 0.15) is 0 Å². The van der Waals surface area contributed by atoms with Gasteiger partial charge in [0.05, 0.1) is 11.9 Å². The predicted octanol–water partition coefficient (Wildman–Crippen LogP) is 1.58. The lowest BCUT2D eigenvalue weighted by atomic mass is 10.2. The molecular formula is C12H19N3. The van der Waals surface area contributed by atoms with Crippen molar-refractivity contribution < 1.29 is 0 Å². The van der Waals surface area contributed by atoms with Gasteiger partial charge in [-0.3, -0.25) is 4.98 Å². The highest BCUT2D eigenvalue weighted by atomic mass is 15.2. The molecule has 1 saturated heterocycles. The second-order valence-corrected chi connectivity index (χ2v) is 4.35. The quantitative estimate of drug-likeness (QED) is 0.754. The van der Waals surface area contributed by atoms with Crippen LogP contribution in [-0.2, 0) is 0 Å². The Morgan fingerprint density at radius 3 is 3.07 bits per heavy atom. The van der Waals surface area contributed by atoms with Gasteiger partial charge in [-0.1, -0.05) is 0 Å². The monoisotopic (exact) mass is 205 g/mol. The molecule has 1 aromatic heterocycles. The third-order valence-corrected chi connectivity index (χ3v) is 2.93. The zero-order valence-electron chi connectivity index (χ0n) is 9.53. The van der Waals surface area contributed by atoms with Gasteiger partial charge in [0, 0.05) is 31.9 Å². The van der Waals surface area contributed by atoms with Crippen LogP contribution in [0.1, 0.15) is 18.9 Å². The highest BCUT2D eigenvalue weighted by Crippen LogP contribution is 2.15. The Labute approximate surface area is 91.5 Å². The molecule has 0 spiro atoms. The van der Waals surface area contributed by atoms with E-state index in [-0.39, 0.29) is 0 Å². The van der Waals surface area contributed by atoms with E-state index in [9.17, 15) is 0 Å². The lowest BCUT2D eigenvalue weighted by Crippen LogP contribution is -2.29. The van der Waals surface area contributed by atoms with Crippen molar-refractivity contribution in [1.82, 2.24) is 10.3 Å². The van der Waals surface area contributed by atoms with Crippen LogP contribution in [0.5, 0.6) is 0 Å². The molecule has 2 heterocycles. The molecule has 1 unspecified atom stereocenters. The van der Waals surface area contributed by atoms with Crippen molar-refractivity contribution in [1.29, 1.82) is 0 Å². The van der Waals surface area contributed by atoms with Crippen molar-refractivity contribution in [2.75, 3.05) is 24.5 Å². The van der Waals surface area contributed by atoms with Crippen molar-refractivity contribution in [3.63, 3.8) is 0 Å². The Kier molecular flexibility index (Phi) is 3.21. The maximum absolute atomic E-state index is 4.25. The number of hydrogen-bond acceptors (Lipinski definition) is 3. The summed E-state index contributed by atoms with van der Waals surface area (Å²) in [6, 6.07) is 2.84. The molecule has 0 radical (unpaired) electrons. The summed E-state index contributed by atoms with van der Waals surface area (Å²) in [5, 5.41) is 3.50. The normalized spacial score (nSPS) is 22.5. The largest absolute Gasteiger partial charge is 0.369 e. The van der Waals surface area contributed by atoms with Gasteiger partial charge in [0.25, 0.3) is 0 Å². The molecular weight excluding hydrogens is 186 g/mol. The summed E-state index contributed by atoms with van der Waals surface area (Å²) in [6.45, 7) is 7.61. The van der Waals surface area contributed by atoms with E-state index < -0.39 is 0 Å². The molecule has 1 N–H and O–H groups in total. The summed E-state index contributed by atoms with van der Waals surface area (Å²) in [7, 11) is 0. The number of aromatic nitrogens is 1. The number of hydrogen-bond donors (Lipinski definition) is 1. The molecule has 0 aliphatic carbocycles. The molecule has 0 bridgehead atoms. The first-order chi connectivity index (χ1) is 7.25. The average Bonchev–Trinajstić information content (AvgIpc) is 2.43. The molecule has 3 heteroatoms. The molecule has 2 rings (SSSR count). The zero-order valence-corrected chi connectivity index (χ0v) is 9.53. The summed E-state index contributed by atoms with van der Waals surface area (Å²) >= 11 is 0. The van der Waals surface area contributed by atoms with Crippen molar-refractivity contribution in [2.45, 2.75) is 26.3 Å². The Hall–Kier alpha value is -1.09. The minimum Gasteiger partial charge on any atom is -0.369 e. The van der Waals surface area contributed by atoms with Gasteiger partial charge in [-0.2, -0.15) is 0 Å². The smallest absolute Gasteiger partial charge is 0.0555 e. The van der Waals surface area contributed by atoms with E-state index >= 15 is 0 Å². The average molecular weight is 205 g/mol. The minimum absolute atomic E-state index is 0.632. The van der Waals surface area contributed by atoms with E-state index in [2.05, 4.69) is 35.1 Å². The van der Waals surface area contributed by atoms with Gasteiger partial charge in [-0.15, -0.1) is 0 Å². The fourth-order valence-corrected chi connectivity index (χ4v) is 1.98. The van der Waals surface area contributed by atoms with Crippen molar-refractivity contribution in [2.24, 2.45) is 0 Å². The summed E-state index contributed by atoms with van der Waals surface area (Å²) < 4.78 is 0. The van der Waals surface area contributed by atoms with Crippen LogP contribution in [0.3, 0.4) is 0 Å². The SMILES string of the molecule is Cc1cncc(N2CCNC(C)CC2)c1. The molecule has 1 aliphatic heterocycles. The Bertz CT molecular complexity index is 324. The lowest BCUT2D eigenvalue weighted by Gasteiger charge is -2.22. The van der Waals surface area contributed by atoms with Crippen LogP contribution in [0.2, 0.25) is 0 Å². The van der Waals surface area contributed by atoms with Crippen LogP contribution < -0.4 is 10.2 Å². The first-order valence-electron chi connectivity index (χ1n) is 5.65. The number of aryl methyl sites for hydroxylation is 1.